The number of rotatable bonds is 4. The highest BCUT2D eigenvalue weighted by Gasteiger charge is 2.16. The molecule has 0 spiro atoms. The number of carbonyl (C=O) groups excluding carboxylic acids is 1. The van der Waals surface area contributed by atoms with Gasteiger partial charge in [0.1, 0.15) is 5.25 Å². The van der Waals surface area contributed by atoms with Gasteiger partial charge in [0.05, 0.1) is 0 Å². The van der Waals surface area contributed by atoms with Crippen LogP contribution < -0.4 is 11.1 Å². The molecule has 16 heavy (non-hydrogen) atoms. The Bertz CT molecular complexity index is 389. The Balaban J connectivity index is 2.66. The van der Waals surface area contributed by atoms with Crippen LogP contribution in [-0.2, 0) is 22.1 Å². The van der Waals surface area contributed by atoms with Gasteiger partial charge in [-0.3, -0.25) is 9.00 Å². The number of nitrogens with one attached hydrogen (secondary N) is 1. The molecule has 3 N–H and O–H groups in total. The van der Waals surface area contributed by atoms with Crippen molar-refractivity contribution in [3.63, 3.8) is 0 Å². The average molecular weight is 240 g/mol. The molecular formula is C11H16N2O2S. The van der Waals surface area contributed by atoms with E-state index in [-0.39, 0.29) is 5.91 Å². The van der Waals surface area contributed by atoms with E-state index in [4.69, 9.17) is 5.73 Å². The molecule has 0 saturated heterocycles. The van der Waals surface area contributed by atoms with Crippen molar-refractivity contribution in [3.05, 3.63) is 29.8 Å². The summed E-state index contributed by atoms with van der Waals surface area (Å²) in [5, 5.41) is 2.20. The summed E-state index contributed by atoms with van der Waals surface area (Å²) in [6, 6.07) is 7.27. The molecule has 2 unspecified atom stereocenters. The summed E-state index contributed by atoms with van der Waals surface area (Å²) in [6.07, 6.45) is 1.52. The number of anilines is 1. The summed E-state index contributed by atoms with van der Waals surface area (Å²) in [4.78, 5) is 11.6. The molecule has 0 fully saturated rings. The Labute approximate surface area is 97.7 Å². The molecule has 1 rings (SSSR count). The highest BCUT2D eigenvalue weighted by molar-refractivity contribution is 7.85. The SMILES string of the molecule is CC(C(=O)Nc1ccc(CN)cc1)S(C)=O. The lowest BCUT2D eigenvalue weighted by Crippen LogP contribution is -2.28. The predicted octanol–water partition coefficient (Wildman–Crippen LogP) is 0.851. The molecule has 0 aliphatic carbocycles. The van der Waals surface area contributed by atoms with Gasteiger partial charge in [-0.25, -0.2) is 0 Å². The van der Waals surface area contributed by atoms with Gasteiger partial charge in [-0.05, 0) is 24.6 Å². The van der Waals surface area contributed by atoms with Crippen molar-refractivity contribution in [1.82, 2.24) is 0 Å². The van der Waals surface area contributed by atoms with Crippen molar-refractivity contribution >= 4 is 22.4 Å². The lowest BCUT2D eigenvalue weighted by atomic mass is 10.2. The van der Waals surface area contributed by atoms with E-state index < -0.39 is 16.0 Å². The third kappa shape index (κ3) is 3.43. The van der Waals surface area contributed by atoms with E-state index in [1.54, 1.807) is 19.1 Å². The first kappa shape index (κ1) is 12.9. The van der Waals surface area contributed by atoms with E-state index in [0.29, 0.717) is 12.2 Å². The summed E-state index contributed by atoms with van der Waals surface area (Å²) >= 11 is 0. The van der Waals surface area contributed by atoms with Crippen LogP contribution in [0.2, 0.25) is 0 Å². The molecule has 0 saturated carbocycles. The lowest BCUT2D eigenvalue weighted by Gasteiger charge is -2.09. The van der Waals surface area contributed by atoms with Crippen LogP contribution in [0, 0.1) is 0 Å². The molecule has 5 heteroatoms. The monoisotopic (exact) mass is 240 g/mol. The van der Waals surface area contributed by atoms with Crippen molar-refractivity contribution in [3.8, 4) is 0 Å². The largest absolute Gasteiger partial charge is 0.326 e. The minimum atomic E-state index is -1.15. The van der Waals surface area contributed by atoms with Gasteiger partial charge in [0, 0.05) is 29.3 Å². The second-order valence-corrected chi connectivity index (χ2v) is 5.24. The molecule has 1 aromatic carbocycles. The number of benzene rings is 1. The molecule has 0 aromatic heterocycles. The van der Waals surface area contributed by atoms with E-state index in [1.165, 1.54) is 6.26 Å². The predicted molar refractivity (Wildman–Crippen MR) is 66.5 cm³/mol. The summed E-state index contributed by atoms with van der Waals surface area (Å²) < 4.78 is 11.1. The number of nitrogens with two attached hydrogens (primary N) is 1. The molecule has 0 bridgehead atoms. The molecule has 1 amide bonds. The standard InChI is InChI=1S/C11H16N2O2S/c1-8(16(2)15)11(14)13-10-5-3-9(7-12)4-6-10/h3-6,8H,7,12H2,1-2H3,(H,13,14). The van der Waals surface area contributed by atoms with Gasteiger partial charge in [0.25, 0.3) is 0 Å². The molecule has 4 nitrogen and oxygen atoms in total. The number of carbonyl (C=O) groups is 1. The Morgan fingerprint density at radius 1 is 1.44 bits per heavy atom. The van der Waals surface area contributed by atoms with Gasteiger partial charge in [-0.1, -0.05) is 12.1 Å². The molecule has 0 aliphatic heterocycles. The second kappa shape index (κ2) is 5.77. The fourth-order valence-corrected chi connectivity index (χ4v) is 1.48. The molecule has 88 valence electrons. The number of hydrogen-bond acceptors (Lipinski definition) is 3. The maximum Gasteiger partial charge on any atom is 0.239 e. The fourth-order valence-electron chi connectivity index (χ4n) is 1.12. The zero-order valence-electron chi connectivity index (χ0n) is 9.40. The molecular weight excluding hydrogens is 224 g/mol. The summed E-state index contributed by atoms with van der Waals surface area (Å²) in [5.41, 5.74) is 7.16. The summed E-state index contributed by atoms with van der Waals surface area (Å²) in [7, 11) is -1.15. The third-order valence-corrected chi connectivity index (χ3v) is 3.53. The summed E-state index contributed by atoms with van der Waals surface area (Å²) in [5.74, 6) is -0.235. The number of amides is 1. The van der Waals surface area contributed by atoms with Crippen molar-refractivity contribution in [2.45, 2.75) is 18.7 Å². The van der Waals surface area contributed by atoms with E-state index in [1.807, 2.05) is 12.1 Å². The highest BCUT2D eigenvalue weighted by atomic mass is 32.2. The highest BCUT2D eigenvalue weighted by Crippen LogP contribution is 2.10. The van der Waals surface area contributed by atoms with Crippen LogP contribution in [0.4, 0.5) is 5.69 Å². The molecule has 2 atom stereocenters. The first-order valence-corrected chi connectivity index (χ1v) is 6.59. The minimum absolute atomic E-state index is 0.235. The third-order valence-electron chi connectivity index (χ3n) is 2.32. The zero-order valence-corrected chi connectivity index (χ0v) is 10.2. The van der Waals surface area contributed by atoms with Crippen LogP contribution in [-0.4, -0.2) is 21.6 Å². The molecule has 0 aliphatic rings. The number of hydrogen-bond donors (Lipinski definition) is 2. The fraction of sp³-hybridized carbons (Fsp3) is 0.364. The molecule has 0 heterocycles. The van der Waals surface area contributed by atoms with Crippen molar-refractivity contribution in [2.24, 2.45) is 5.73 Å². The van der Waals surface area contributed by atoms with Gasteiger partial charge in [-0.15, -0.1) is 0 Å². The van der Waals surface area contributed by atoms with E-state index >= 15 is 0 Å². The van der Waals surface area contributed by atoms with Gasteiger partial charge in [-0.2, -0.15) is 0 Å². The van der Waals surface area contributed by atoms with E-state index in [2.05, 4.69) is 5.32 Å². The van der Waals surface area contributed by atoms with Gasteiger partial charge in [0.2, 0.25) is 5.91 Å². The maximum absolute atomic E-state index is 11.6. The van der Waals surface area contributed by atoms with Gasteiger partial charge < -0.3 is 11.1 Å². The van der Waals surface area contributed by atoms with Crippen molar-refractivity contribution < 1.29 is 9.00 Å². The Morgan fingerprint density at radius 3 is 2.44 bits per heavy atom. The van der Waals surface area contributed by atoms with Crippen LogP contribution in [0.5, 0.6) is 0 Å². The normalized spacial score (nSPS) is 14.2. The van der Waals surface area contributed by atoms with E-state index in [0.717, 1.165) is 5.56 Å². The average Bonchev–Trinajstić information content (AvgIpc) is 2.28. The first-order chi connectivity index (χ1) is 7.54. The van der Waals surface area contributed by atoms with Crippen LogP contribution in [0.25, 0.3) is 0 Å². The Kier molecular flexibility index (Phi) is 4.64. The molecule has 0 radical (unpaired) electrons. The first-order valence-electron chi connectivity index (χ1n) is 4.96. The van der Waals surface area contributed by atoms with Crippen LogP contribution >= 0.6 is 0 Å². The lowest BCUT2D eigenvalue weighted by molar-refractivity contribution is -0.115. The van der Waals surface area contributed by atoms with E-state index in [9.17, 15) is 9.00 Å². The smallest absolute Gasteiger partial charge is 0.239 e. The maximum atomic E-state index is 11.6. The Hall–Kier alpha value is -1.20. The van der Waals surface area contributed by atoms with Gasteiger partial charge >= 0.3 is 0 Å². The molecule has 1 aromatic rings. The second-order valence-electron chi connectivity index (χ2n) is 3.53. The van der Waals surface area contributed by atoms with Crippen LogP contribution in [0.3, 0.4) is 0 Å². The minimum Gasteiger partial charge on any atom is -0.326 e. The Morgan fingerprint density at radius 2 is 2.00 bits per heavy atom. The topological polar surface area (TPSA) is 72.2 Å². The quantitative estimate of drug-likeness (QED) is 0.819. The van der Waals surface area contributed by atoms with Crippen LogP contribution in [0.15, 0.2) is 24.3 Å². The van der Waals surface area contributed by atoms with Crippen molar-refractivity contribution in [1.29, 1.82) is 0 Å². The van der Waals surface area contributed by atoms with Crippen molar-refractivity contribution in [2.75, 3.05) is 11.6 Å². The van der Waals surface area contributed by atoms with Crippen LogP contribution in [0.1, 0.15) is 12.5 Å². The summed E-state index contributed by atoms with van der Waals surface area (Å²) in [6.45, 7) is 2.11. The zero-order chi connectivity index (χ0) is 12.1. The van der Waals surface area contributed by atoms with Gasteiger partial charge in [0.15, 0.2) is 0 Å².